The number of furan rings is 1. The van der Waals surface area contributed by atoms with E-state index in [4.69, 9.17) is 23.8 Å². The fourth-order valence-corrected chi connectivity index (χ4v) is 5.07. The van der Waals surface area contributed by atoms with Crippen LogP contribution in [0.3, 0.4) is 0 Å². The molecule has 6 heteroatoms. The van der Waals surface area contributed by atoms with Crippen molar-refractivity contribution in [3.63, 3.8) is 0 Å². The number of hydrogen-bond acceptors (Lipinski definition) is 6. The third kappa shape index (κ3) is 3.74. The minimum atomic E-state index is 0.549. The highest BCUT2D eigenvalue weighted by Gasteiger charge is 2.18. The molecule has 188 valence electrons. The zero-order valence-corrected chi connectivity index (χ0v) is 21.2. The van der Waals surface area contributed by atoms with E-state index in [1.165, 1.54) is 0 Å². The van der Waals surface area contributed by atoms with Crippen LogP contribution in [0.2, 0.25) is 0 Å². The highest BCUT2D eigenvalue weighted by Crippen LogP contribution is 2.36. The van der Waals surface area contributed by atoms with E-state index in [-0.39, 0.29) is 0 Å². The molecule has 0 aliphatic rings. The van der Waals surface area contributed by atoms with Crippen LogP contribution in [0.1, 0.15) is 0 Å². The van der Waals surface area contributed by atoms with Gasteiger partial charge in [0.25, 0.3) is 0 Å². The van der Waals surface area contributed by atoms with E-state index in [0.717, 1.165) is 49.7 Å². The Hall–Kier alpha value is -5.62. The largest absolute Gasteiger partial charge is 0.456 e. The first kappa shape index (κ1) is 22.4. The monoisotopic (exact) mass is 516 g/mol. The highest BCUT2D eigenvalue weighted by atomic mass is 16.3. The molecule has 0 saturated heterocycles. The molecule has 40 heavy (non-hydrogen) atoms. The quantitative estimate of drug-likeness (QED) is 0.233. The first-order valence-corrected chi connectivity index (χ1v) is 13.0. The van der Waals surface area contributed by atoms with Crippen LogP contribution in [-0.2, 0) is 0 Å². The molecule has 0 N–H and O–H groups in total. The van der Waals surface area contributed by atoms with Crippen LogP contribution in [0, 0.1) is 0 Å². The number of rotatable bonds is 4. The molecule has 0 amide bonds. The van der Waals surface area contributed by atoms with Crippen molar-refractivity contribution in [1.82, 2.24) is 19.9 Å². The van der Waals surface area contributed by atoms with Gasteiger partial charge in [-0.15, -0.1) is 0 Å². The second kappa shape index (κ2) is 8.99. The normalized spacial score (nSPS) is 11.5. The molecule has 0 saturated carbocycles. The van der Waals surface area contributed by atoms with Gasteiger partial charge in [-0.1, -0.05) is 78.9 Å². The van der Waals surface area contributed by atoms with Crippen molar-refractivity contribution < 1.29 is 8.83 Å². The van der Waals surface area contributed by atoms with Gasteiger partial charge in [0.05, 0.1) is 0 Å². The Labute approximate surface area is 228 Å². The zero-order valence-electron chi connectivity index (χ0n) is 21.2. The summed E-state index contributed by atoms with van der Waals surface area (Å²) < 4.78 is 12.3. The van der Waals surface area contributed by atoms with Gasteiger partial charge in [0.15, 0.2) is 23.1 Å². The molecule has 5 aromatic carbocycles. The van der Waals surface area contributed by atoms with E-state index < -0.39 is 0 Å². The lowest BCUT2D eigenvalue weighted by molar-refractivity contribution is 0.620. The van der Waals surface area contributed by atoms with Gasteiger partial charge in [-0.25, -0.2) is 19.9 Å². The van der Waals surface area contributed by atoms with Gasteiger partial charge in [-0.05, 0) is 42.5 Å². The van der Waals surface area contributed by atoms with Crippen LogP contribution in [0.4, 0.5) is 0 Å². The summed E-state index contributed by atoms with van der Waals surface area (Å²) in [5, 5.41) is 2.00. The first-order chi connectivity index (χ1) is 19.8. The van der Waals surface area contributed by atoms with Gasteiger partial charge in [0.2, 0.25) is 5.89 Å². The molecule has 0 aliphatic heterocycles. The van der Waals surface area contributed by atoms with Gasteiger partial charge in [0, 0.05) is 33.0 Å². The summed E-state index contributed by atoms with van der Waals surface area (Å²) in [6, 6.07) is 39.7. The van der Waals surface area contributed by atoms with Crippen molar-refractivity contribution in [1.29, 1.82) is 0 Å². The van der Waals surface area contributed by atoms with Crippen LogP contribution in [0.5, 0.6) is 0 Å². The maximum absolute atomic E-state index is 6.15. The average molecular weight is 517 g/mol. The van der Waals surface area contributed by atoms with E-state index in [1.807, 2.05) is 115 Å². The molecular formula is C34H20N4O2. The number of nitrogens with zero attached hydrogens (tertiary/aromatic N) is 4. The minimum absolute atomic E-state index is 0.549. The van der Waals surface area contributed by atoms with E-state index in [0.29, 0.717) is 28.9 Å². The third-order valence-electron chi connectivity index (χ3n) is 6.98. The summed E-state index contributed by atoms with van der Waals surface area (Å²) in [5.74, 6) is 2.29. The predicted octanol–water partition coefficient (Wildman–Crippen LogP) is 8.58. The molecular weight excluding hydrogens is 496 g/mol. The molecule has 8 rings (SSSR count). The molecule has 8 aromatic rings. The van der Waals surface area contributed by atoms with Gasteiger partial charge in [0.1, 0.15) is 16.7 Å². The summed E-state index contributed by atoms with van der Waals surface area (Å²) in [6.07, 6.45) is 0. The SMILES string of the molecule is c1ccc(-c2nc(-c3ccc4nc(-c5ccccc5)oc4c3)nc(-c3cccc4oc5ccccc5c34)n2)cc1. The summed E-state index contributed by atoms with van der Waals surface area (Å²) in [5.41, 5.74) is 6.59. The van der Waals surface area contributed by atoms with Crippen LogP contribution in [0.25, 0.3) is 78.7 Å². The number of hydrogen-bond donors (Lipinski definition) is 0. The maximum Gasteiger partial charge on any atom is 0.227 e. The molecule has 0 spiro atoms. The summed E-state index contributed by atoms with van der Waals surface area (Å²) in [7, 11) is 0. The Kier molecular flexibility index (Phi) is 5.03. The maximum atomic E-state index is 6.15. The zero-order chi connectivity index (χ0) is 26.5. The number of benzene rings is 5. The Morgan fingerprint density at radius 1 is 0.425 bits per heavy atom. The molecule has 0 bridgehead atoms. The predicted molar refractivity (Wildman–Crippen MR) is 156 cm³/mol. The topological polar surface area (TPSA) is 77.8 Å². The van der Waals surface area contributed by atoms with Gasteiger partial charge < -0.3 is 8.83 Å². The molecule has 3 heterocycles. The van der Waals surface area contributed by atoms with Crippen LogP contribution in [0.15, 0.2) is 130 Å². The van der Waals surface area contributed by atoms with Crippen molar-refractivity contribution in [3.8, 4) is 45.6 Å². The number of oxazole rings is 1. The van der Waals surface area contributed by atoms with E-state index >= 15 is 0 Å². The van der Waals surface area contributed by atoms with Crippen molar-refractivity contribution in [2.75, 3.05) is 0 Å². The van der Waals surface area contributed by atoms with Crippen molar-refractivity contribution >= 4 is 33.0 Å². The lowest BCUT2D eigenvalue weighted by Gasteiger charge is -2.09. The van der Waals surface area contributed by atoms with Crippen molar-refractivity contribution in [2.24, 2.45) is 0 Å². The number of para-hydroxylation sites is 1. The Morgan fingerprint density at radius 2 is 1.10 bits per heavy atom. The van der Waals surface area contributed by atoms with Crippen LogP contribution < -0.4 is 0 Å². The number of aromatic nitrogens is 4. The highest BCUT2D eigenvalue weighted by molar-refractivity contribution is 6.11. The Morgan fingerprint density at radius 3 is 1.93 bits per heavy atom. The average Bonchev–Trinajstić information content (AvgIpc) is 3.63. The smallest absolute Gasteiger partial charge is 0.227 e. The molecule has 0 aliphatic carbocycles. The Bertz CT molecular complexity index is 2170. The summed E-state index contributed by atoms with van der Waals surface area (Å²) in [4.78, 5) is 19.5. The molecule has 3 aromatic heterocycles. The summed E-state index contributed by atoms with van der Waals surface area (Å²) in [6.45, 7) is 0. The van der Waals surface area contributed by atoms with Gasteiger partial charge >= 0.3 is 0 Å². The first-order valence-electron chi connectivity index (χ1n) is 13.0. The van der Waals surface area contributed by atoms with Gasteiger partial charge in [-0.2, -0.15) is 0 Å². The van der Waals surface area contributed by atoms with E-state index in [2.05, 4.69) is 11.1 Å². The minimum Gasteiger partial charge on any atom is -0.456 e. The molecule has 0 atom stereocenters. The molecule has 0 radical (unpaired) electrons. The fraction of sp³-hybridized carbons (Fsp3) is 0. The van der Waals surface area contributed by atoms with E-state index in [1.54, 1.807) is 0 Å². The lowest BCUT2D eigenvalue weighted by atomic mass is 10.1. The van der Waals surface area contributed by atoms with Crippen molar-refractivity contribution in [3.05, 3.63) is 121 Å². The van der Waals surface area contributed by atoms with Gasteiger partial charge in [-0.3, -0.25) is 0 Å². The standard InChI is InChI=1S/C34H20N4O2/c1-3-10-21(11-4-1)31-36-32(23-18-19-26-29(20-23)40-34(35-26)22-12-5-2-6-13-22)38-33(37-31)25-15-9-17-28-30(25)24-14-7-8-16-27(24)39-28/h1-20H. The Balaban J connectivity index is 1.33. The van der Waals surface area contributed by atoms with Crippen LogP contribution >= 0.6 is 0 Å². The second-order valence-corrected chi connectivity index (χ2v) is 9.52. The van der Waals surface area contributed by atoms with Crippen molar-refractivity contribution in [2.45, 2.75) is 0 Å². The van der Waals surface area contributed by atoms with Crippen LogP contribution in [-0.4, -0.2) is 19.9 Å². The third-order valence-corrected chi connectivity index (χ3v) is 6.98. The number of fused-ring (bicyclic) bond motifs is 4. The van der Waals surface area contributed by atoms with E-state index in [9.17, 15) is 0 Å². The second-order valence-electron chi connectivity index (χ2n) is 9.52. The lowest BCUT2D eigenvalue weighted by Crippen LogP contribution is -2.00. The molecule has 6 nitrogen and oxygen atoms in total. The molecule has 0 unspecified atom stereocenters. The fourth-order valence-electron chi connectivity index (χ4n) is 5.07. The molecule has 0 fully saturated rings. The summed E-state index contributed by atoms with van der Waals surface area (Å²) >= 11 is 0.